The quantitative estimate of drug-likeness (QED) is 0.483. The summed E-state index contributed by atoms with van der Waals surface area (Å²) in [5.41, 5.74) is 13.0. The maximum atomic E-state index is 9.60. The van der Waals surface area contributed by atoms with E-state index in [1.54, 1.807) is 12.1 Å². The van der Waals surface area contributed by atoms with E-state index in [-0.39, 0.29) is 12.2 Å². The number of nitrogen functional groups attached to an aromatic ring is 1. The molecule has 4 nitrogen and oxygen atoms in total. The van der Waals surface area contributed by atoms with E-state index < -0.39 is 6.04 Å². The number of aromatic hydroxyl groups is 1. The second-order valence-corrected chi connectivity index (χ2v) is 3.26. The van der Waals surface area contributed by atoms with Gasteiger partial charge in [-0.3, -0.25) is 0 Å². The van der Waals surface area contributed by atoms with Crippen LogP contribution in [0.5, 0.6) is 5.75 Å². The number of benzene rings is 1. The van der Waals surface area contributed by atoms with Crippen molar-refractivity contribution in [2.24, 2.45) is 5.73 Å². The number of rotatable bonds is 2. The van der Waals surface area contributed by atoms with Gasteiger partial charge < -0.3 is 16.6 Å². The van der Waals surface area contributed by atoms with E-state index in [1.165, 1.54) is 0 Å². The van der Waals surface area contributed by atoms with E-state index >= 15 is 0 Å². The van der Waals surface area contributed by atoms with Gasteiger partial charge in [0.1, 0.15) is 5.75 Å². The molecule has 0 fully saturated rings. The number of aryl methyl sites for hydroxylation is 1. The fraction of sp³-hybridized carbons (Fsp3) is 0.300. The molecule has 0 aromatic heterocycles. The van der Waals surface area contributed by atoms with Crippen molar-refractivity contribution < 1.29 is 5.11 Å². The summed E-state index contributed by atoms with van der Waals surface area (Å²) in [4.78, 5) is 0. The average Bonchev–Trinajstić information content (AvgIpc) is 2.11. The zero-order chi connectivity index (χ0) is 10.7. The van der Waals surface area contributed by atoms with E-state index in [1.807, 2.05) is 13.0 Å². The topological polar surface area (TPSA) is 96.1 Å². The molecule has 0 aliphatic rings. The van der Waals surface area contributed by atoms with Gasteiger partial charge in [0.2, 0.25) is 0 Å². The number of nitrogens with zero attached hydrogens (tertiary/aromatic N) is 1. The Morgan fingerprint density at radius 2 is 2.21 bits per heavy atom. The summed E-state index contributed by atoms with van der Waals surface area (Å²) in [7, 11) is 0. The molecule has 0 unspecified atom stereocenters. The molecule has 1 aromatic rings. The maximum absolute atomic E-state index is 9.60. The largest absolute Gasteiger partial charge is 0.505 e. The fourth-order valence-electron chi connectivity index (χ4n) is 1.33. The molecule has 0 aliphatic heterocycles. The molecule has 1 aromatic carbocycles. The van der Waals surface area contributed by atoms with E-state index in [0.717, 1.165) is 5.56 Å². The third-order valence-electron chi connectivity index (χ3n) is 2.02. The van der Waals surface area contributed by atoms with Gasteiger partial charge in [0.25, 0.3) is 0 Å². The van der Waals surface area contributed by atoms with Crippen LogP contribution in [0.2, 0.25) is 0 Å². The van der Waals surface area contributed by atoms with E-state index in [0.29, 0.717) is 11.3 Å². The maximum Gasteiger partial charge on any atom is 0.143 e. The zero-order valence-corrected chi connectivity index (χ0v) is 7.99. The first kappa shape index (κ1) is 10.4. The second kappa shape index (κ2) is 3.99. The van der Waals surface area contributed by atoms with E-state index in [2.05, 4.69) is 0 Å². The molecular weight excluding hydrogens is 178 g/mol. The highest BCUT2D eigenvalue weighted by atomic mass is 16.3. The van der Waals surface area contributed by atoms with Crippen molar-refractivity contribution in [1.82, 2.24) is 0 Å². The highest BCUT2D eigenvalue weighted by Crippen LogP contribution is 2.31. The smallest absolute Gasteiger partial charge is 0.143 e. The Morgan fingerprint density at radius 1 is 1.57 bits per heavy atom. The molecule has 0 saturated heterocycles. The van der Waals surface area contributed by atoms with Crippen LogP contribution in [-0.2, 0) is 0 Å². The number of phenolic OH excluding ortho intramolecular Hbond substituents is 1. The predicted octanol–water partition coefficient (Wildman–Crippen LogP) is 1.20. The summed E-state index contributed by atoms with van der Waals surface area (Å²) < 4.78 is 0. The van der Waals surface area contributed by atoms with Crippen LogP contribution in [0.15, 0.2) is 12.1 Å². The summed E-state index contributed by atoms with van der Waals surface area (Å²) in [5.74, 6) is -0.0154. The van der Waals surface area contributed by atoms with Crippen molar-refractivity contribution in [3.8, 4) is 11.8 Å². The lowest BCUT2D eigenvalue weighted by molar-refractivity contribution is 0.464. The highest BCUT2D eigenvalue weighted by Gasteiger charge is 2.13. The third-order valence-corrected chi connectivity index (χ3v) is 2.02. The minimum atomic E-state index is -0.484. The number of phenols is 1. The lowest BCUT2D eigenvalue weighted by atomic mass is 10.0. The van der Waals surface area contributed by atoms with Crippen molar-refractivity contribution in [2.75, 3.05) is 5.73 Å². The minimum Gasteiger partial charge on any atom is -0.505 e. The van der Waals surface area contributed by atoms with Gasteiger partial charge in [-0.2, -0.15) is 5.26 Å². The molecule has 1 rings (SSSR count). The Labute approximate surface area is 82.8 Å². The van der Waals surface area contributed by atoms with Gasteiger partial charge in [-0.15, -0.1) is 0 Å². The van der Waals surface area contributed by atoms with Crippen LogP contribution in [-0.4, -0.2) is 5.11 Å². The monoisotopic (exact) mass is 191 g/mol. The van der Waals surface area contributed by atoms with Gasteiger partial charge in [0, 0.05) is 11.6 Å². The van der Waals surface area contributed by atoms with Crippen molar-refractivity contribution in [3.63, 3.8) is 0 Å². The van der Waals surface area contributed by atoms with Crippen LogP contribution in [0.4, 0.5) is 5.69 Å². The number of nitriles is 1. The predicted molar refractivity (Wildman–Crippen MR) is 54.4 cm³/mol. The van der Waals surface area contributed by atoms with Crippen LogP contribution in [0.3, 0.4) is 0 Å². The molecule has 0 saturated carbocycles. The van der Waals surface area contributed by atoms with Gasteiger partial charge in [0.05, 0.1) is 18.2 Å². The Kier molecular flexibility index (Phi) is 2.95. The minimum absolute atomic E-state index is 0.0154. The molecule has 0 heterocycles. The van der Waals surface area contributed by atoms with Crippen molar-refractivity contribution in [1.29, 1.82) is 5.26 Å². The molecule has 14 heavy (non-hydrogen) atoms. The molecule has 0 spiro atoms. The summed E-state index contributed by atoms with van der Waals surface area (Å²) in [6, 6.07) is 4.88. The summed E-state index contributed by atoms with van der Waals surface area (Å²) in [5, 5.41) is 18.1. The second-order valence-electron chi connectivity index (χ2n) is 3.26. The van der Waals surface area contributed by atoms with Crippen LogP contribution in [0, 0.1) is 18.3 Å². The first-order chi connectivity index (χ1) is 6.56. The van der Waals surface area contributed by atoms with Crippen molar-refractivity contribution in [3.05, 3.63) is 23.3 Å². The molecule has 1 atom stereocenters. The standard InChI is InChI=1S/C10H13N3O/c1-6-4-7(8(12)2-3-11)10(14)9(13)5-6/h4-5,8,14H,2,12-13H2,1H3/t8-/m1/s1. The molecule has 4 heteroatoms. The molecule has 0 bridgehead atoms. The Morgan fingerprint density at radius 3 is 2.79 bits per heavy atom. The fourth-order valence-corrected chi connectivity index (χ4v) is 1.33. The summed E-state index contributed by atoms with van der Waals surface area (Å²) >= 11 is 0. The number of hydrogen-bond acceptors (Lipinski definition) is 4. The zero-order valence-electron chi connectivity index (χ0n) is 7.99. The average molecular weight is 191 g/mol. The summed E-state index contributed by atoms with van der Waals surface area (Å²) in [6.45, 7) is 1.86. The van der Waals surface area contributed by atoms with Gasteiger partial charge in [-0.25, -0.2) is 0 Å². The normalized spacial score (nSPS) is 12.1. The number of anilines is 1. The Bertz CT molecular complexity index is 382. The van der Waals surface area contributed by atoms with E-state index in [4.69, 9.17) is 16.7 Å². The molecular formula is C10H13N3O. The van der Waals surface area contributed by atoms with Gasteiger partial charge >= 0.3 is 0 Å². The van der Waals surface area contributed by atoms with Crippen LogP contribution >= 0.6 is 0 Å². The SMILES string of the molecule is Cc1cc(N)c(O)c([C@H](N)CC#N)c1. The molecule has 0 aliphatic carbocycles. The molecule has 0 radical (unpaired) electrons. The lowest BCUT2D eigenvalue weighted by Gasteiger charge is -2.12. The van der Waals surface area contributed by atoms with Gasteiger partial charge in [-0.05, 0) is 18.6 Å². The summed E-state index contributed by atoms with van der Waals surface area (Å²) in [6.07, 6.45) is 0.163. The first-order valence-corrected chi connectivity index (χ1v) is 4.27. The lowest BCUT2D eigenvalue weighted by Crippen LogP contribution is -2.10. The molecule has 74 valence electrons. The third kappa shape index (κ3) is 1.95. The van der Waals surface area contributed by atoms with E-state index in [9.17, 15) is 5.11 Å². The van der Waals surface area contributed by atoms with Crippen molar-refractivity contribution in [2.45, 2.75) is 19.4 Å². The molecule has 5 N–H and O–H groups in total. The van der Waals surface area contributed by atoms with Crippen LogP contribution in [0.25, 0.3) is 0 Å². The van der Waals surface area contributed by atoms with Gasteiger partial charge in [-0.1, -0.05) is 6.07 Å². The van der Waals surface area contributed by atoms with Crippen LogP contribution in [0.1, 0.15) is 23.6 Å². The Balaban J connectivity index is 3.14. The number of hydrogen-bond donors (Lipinski definition) is 3. The number of nitrogens with two attached hydrogens (primary N) is 2. The highest BCUT2D eigenvalue weighted by molar-refractivity contribution is 5.58. The van der Waals surface area contributed by atoms with Gasteiger partial charge in [0.15, 0.2) is 0 Å². The first-order valence-electron chi connectivity index (χ1n) is 4.27. The van der Waals surface area contributed by atoms with Crippen molar-refractivity contribution >= 4 is 5.69 Å². The van der Waals surface area contributed by atoms with Crippen LogP contribution < -0.4 is 11.5 Å². The molecule has 0 amide bonds. The Hall–Kier alpha value is -1.73.